The molecule has 2 N–H and O–H groups in total. The van der Waals surface area contributed by atoms with Crippen LogP contribution >= 0.6 is 11.3 Å². The molecule has 0 spiro atoms. The maximum absolute atomic E-state index is 12.1. The third-order valence-electron chi connectivity index (χ3n) is 3.55. The van der Waals surface area contributed by atoms with Gasteiger partial charge in [-0.25, -0.2) is 9.78 Å². The lowest BCUT2D eigenvalue weighted by atomic mass is 10.3. The van der Waals surface area contributed by atoms with Crippen molar-refractivity contribution in [3.05, 3.63) is 24.3 Å². The Hall–Kier alpha value is -1.52. The molecule has 0 aliphatic heterocycles. The van der Waals surface area contributed by atoms with E-state index in [4.69, 9.17) is 13.3 Å². The molecule has 2 rings (SSSR count). The maximum atomic E-state index is 12.1. The minimum Gasteiger partial charge on any atom is -0.374 e. The summed E-state index contributed by atoms with van der Waals surface area (Å²) in [4.78, 5) is 16.4. The Morgan fingerprint density at radius 3 is 2.38 bits per heavy atom. The highest BCUT2D eigenvalue weighted by atomic mass is 32.1. The van der Waals surface area contributed by atoms with Gasteiger partial charge in [0.1, 0.15) is 0 Å². The van der Waals surface area contributed by atoms with Crippen molar-refractivity contribution in [3.63, 3.8) is 0 Å². The van der Waals surface area contributed by atoms with Crippen LogP contribution in [0, 0.1) is 0 Å². The number of para-hydroxylation sites is 1. The van der Waals surface area contributed by atoms with Crippen molar-refractivity contribution in [2.45, 2.75) is 33.2 Å². The van der Waals surface area contributed by atoms with Crippen molar-refractivity contribution >= 4 is 41.5 Å². The monoisotopic (exact) mass is 397 g/mol. The van der Waals surface area contributed by atoms with Crippen molar-refractivity contribution in [1.82, 2.24) is 10.3 Å². The van der Waals surface area contributed by atoms with E-state index in [1.54, 1.807) is 0 Å². The van der Waals surface area contributed by atoms with E-state index in [0.29, 0.717) is 37.5 Å². The number of anilines is 1. The lowest BCUT2D eigenvalue weighted by molar-refractivity contribution is 0.0708. The molecule has 2 aromatic rings. The first-order valence-electron chi connectivity index (χ1n) is 8.94. The summed E-state index contributed by atoms with van der Waals surface area (Å²) in [5.41, 5.74) is 0.883. The average molecular weight is 398 g/mol. The number of hydrogen-bond acceptors (Lipinski definition) is 6. The van der Waals surface area contributed by atoms with Gasteiger partial charge in [-0.3, -0.25) is 5.32 Å². The Bertz CT molecular complexity index is 647. The summed E-state index contributed by atoms with van der Waals surface area (Å²) in [6, 6.07) is 8.20. The van der Waals surface area contributed by atoms with Gasteiger partial charge in [0.15, 0.2) is 5.13 Å². The summed E-state index contributed by atoms with van der Waals surface area (Å²) in [6.07, 6.45) is 0.722. The minimum absolute atomic E-state index is 0.263. The van der Waals surface area contributed by atoms with Gasteiger partial charge in [-0.1, -0.05) is 23.5 Å². The van der Waals surface area contributed by atoms with Crippen LogP contribution in [0.5, 0.6) is 0 Å². The second kappa shape index (κ2) is 10.6. The number of carbonyl (C=O) groups is 1. The van der Waals surface area contributed by atoms with E-state index in [9.17, 15) is 4.79 Å². The van der Waals surface area contributed by atoms with Gasteiger partial charge in [0.05, 0.1) is 10.2 Å². The zero-order valence-corrected chi connectivity index (χ0v) is 17.4. The molecule has 0 radical (unpaired) electrons. The van der Waals surface area contributed by atoms with Crippen LogP contribution < -0.4 is 10.6 Å². The lowest BCUT2D eigenvalue weighted by Crippen LogP contribution is -2.46. The first kappa shape index (κ1) is 20.8. The van der Waals surface area contributed by atoms with Crippen LogP contribution in [0.15, 0.2) is 24.3 Å². The number of aromatic nitrogens is 1. The highest BCUT2D eigenvalue weighted by Crippen LogP contribution is 2.25. The molecule has 1 heterocycles. The Balaban J connectivity index is 1.79. The normalized spacial score (nSPS) is 11.7. The molecule has 1 aromatic heterocycles. The van der Waals surface area contributed by atoms with E-state index in [1.165, 1.54) is 11.3 Å². The van der Waals surface area contributed by atoms with E-state index in [0.717, 1.165) is 16.6 Å². The first-order valence-corrected chi connectivity index (χ1v) is 11.7. The molecule has 1 aromatic carbocycles. The summed E-state index contributed by atoms with van der Waals surface area (Å²) in [5.74, 6) is 0. The molecule has 0 aliphatic carbocycles. The molecule has 0 atom stereocenters. The van der Waals surface area contributed by atoms with Crippen LogP contribution in [0.25, 0.3) is 10.2 Å². The van der Waals surface area contributed by atoms with Crippen LogP contribution in [-0.2, 0) is 13.3 Å². The van der Waals surface area contributed by atoms with Crippen LogP contribution in [0.4, 0.5) is 9.93 Å². The molecule has 26 heavy (non-hydrogen) atoms. The van der Waals surface area contributed by atoms with Crippen molar-refractivity contribution in [1.29, 1.82) is 0 Å². The molecule has 144 valence electrons. The third kappa shape index (κ3) is 6.03. The predicted molar refractivity (Wildman–Crippen MR) is 107 cm³/mol. The smallest absolute Gasteiger partial charge is 0.374 e. The van der Waals surface area contributed by atoms with Gasteiger partial charge in [-0.15, -0.1) is 0 Å². The van der Waals surface area contributed by atoms with Crippen LogP contribution in [0.3, 0.4) is 0 Å². The van der Waals surface area contributed by atoms with E-state index in [2.05, 4.69) is 15.6 Å². The second-order valence-corrected chi connectivity index (χ2v) is 9.22. The number of urea groups is 1. The lowest BCUT2D eigenvalue weighted by Gasteiger charge is -2.28. The highest BCUT2D eigenvalue weighted by Gasteiger charge is 2.39. The fraction of sp³-hybridized carbons (Fsp3) is 0.529. The van der Waals surface area contributed by atoms with Gasteiger partial charge in [0.25, 0.3) is 0 Å². The Morgan fingerprint density at radius 1 is 1.12 bits per heavy atom. The van der Waals surface area contributed by atoms with Crippen molar-refractivity contribution in [2.75, 3.05) is 31.7 Å². The van der Waals surface area contributed by atoms with Gasteiger partial charge < -0.3 is 18.6 Å². The van der Waals surface area contributed by atoms with E-state index >= 15 is 0 Å². The van der Waals surface area contributed by atoms with Gasteiger partial charge in [-0.05, 0) is 39.3 Å². The SMILES string of the molecule is CCO[Si](CCCNC(=O)Nc1nc2ccccc2s1)(OCC)OCC. The number of benzene rings is 1. The topological polar surface area (TPSA) is 81.7 Å². The van der Waals surface area contributed by atoms with Crippen molar-refractivity contribution < 1.29 is 18.1 Å². The molecular formula is C17H27N3O4SSi. The van der Waals surface area contributed by atoms with Gasteiger partial charge >= 0.3 is 14.8 Å². The summed E-state index contributed by atoms with van der Waals surface area (Å²) in [6.45, 7) is 7.97. The largest absolute Gasteiger partial charge is 0.500 e. The van der Waals surface area contributed by atoms with Crippen LogP contribution in [-0.4, -0.2) is 46.2 Å². The Labute approximate surface area is 159 Å². The molecular weight excluding hydrogens is 370 g/mol. The third-order valence-corrected chi connectivity index (χ3v) is 7.66. The molecule has 0 fully saturated rings. The van der Waals surface area contributed by atoms with E-state index < -0.39 is 8.80 Å². The Kier molecular flexibility index (Phi) is 8.46. The predicted octanol–water partition coefficient (Wildman–Crippen LogP) is 3.86. The van der Waals surface area contributed by atoms with Crippen LogP contribution in [0.2, 0.25) is 6.04 Å². The van der Waals surface area contributed by atoms with Gasteiger partial charge in [0.2, 0.25) is 0 Å². The number of hydrogen-bond donors (Lipinski definition) is 2. The molecule has 7 nitrogen and oxygen atoms in total. The number of amides is 2. The van der Waals surface area contributed by atoms with Crippen molar-refractivity contribution in [2.24, 2.45) is 0 Å². The second-order valence-electron chi connectivity index (χ2n) is 5.45. The zero-order valence-electron chi connectivity index (χ0n) is 15.5. The summed E-state index contributed by atoms with van der Waals surface area (Å²) >= 11 is 1.45. The fourth-order valence-electron chi connectivity index (χ4n) is 2.58. The quantitative estimate of drug-likeness (QED) is 0.444. The van der Waals surface area contributed by atoms with E-state index in [-0.39, 0.29) is 6.03 Å². The standard InChI is InChI=1S/C17H27N3O4SSi/c1-4-22-26(23-5-2,24-6-3)13-9-12-18-16(21)20-17-19-14-10-7-8-11-15(14)25-17/h7-8,10-11H,4-6,9,12-13H2,1-3H3,(H2,18,19,20,21). The molecule has 0 aliphatic rings. The number of thiazole rings is 1. The number of nitrogens with one attached hydrogen (secondary N) is 2. The molecule has 0 bridgehead atoms. The number of carbonyl (C=O) groups excluding carboxylic acids is 1. The van der Waals surface area contributed by atoms with Crippen LogP contribution in [0.1, 0.15) is 27.2 Å². The van der Waals surface area contributed by atoms with Gasteiger partial charge in [0, 0.05) is 32.4 Å². The Morgan fingerprint density at radius 2 is 1.77 bits per heavy atom. The maximum Gasteiger partial charge on any atom is 0.500 e. The van der Waals surface area contributed by atoms with E-state index in [1.807, 2.05) is 45.0 Å². The number of nitrogens with zero attached hydrogens (tertiary/aromatic N) is 1. The molecule has 2 amide bonds. The molecule has 0 saturated carbocycles. The number of rotatable bonds is 11. The summed E-state index contributed by atoms with van der Waals surface area (Å²) in [5, 5.41) is 6.21. The molecule has 0 unspecified atom stereocenters. The number of fused-ring (bicyclic) bond motifs is 1. The zero-order chi connectivity index (χ0) is 18.8. The summed E-state index contributed by atoms with van der Waals surface area (Å²) < 4.78 is 18.5. The fourth-order valence-corrected chi connectivity index (χ4v) is 6.05. The summed E-state index contributed by atoms with van der Waals surface area (Å²) in [7, 11) is -2.65. The minimum atomic E-state index is -2.65. The van der Waals surface area contributed by atoms with Gasteiger partial charge in [-0.2, -0.15) is 0 Å². The highest BCUT2D eigenvalue weighted by molar-refractivity contribution is 7.22. The van der Waals surface area contributed by atoms with Crippen molar-refractivity contribution in [3.8, 4) is 0 Å². The molecule has 0 saturated heterocycles. The molecule has 9 heteroatoms. The first-order chi connectivity index (χ1) is 12.6. The average Bonchev–Trinajstić information content (AvgIpc) is 3.01.